The monoisotopic (exact) mass is 446 g/mol. The zero-order valence-electron chi connectivity index (χ0n) is 18.7. The molecule has 2 aromatic carbocycles. The number of nitrogens with one attached hydrogen (secondary N) is 1. The van der Waals surface area contributed by atoms with Crippen molar-refractivity contribution < 1.29 is 4.74 Å². The SMILES string of the molecule is COc1ccc(N2CCN(c3nc4c(c(=O)[nH]c(=O)n4C)n3Cc3ccccc3)CC2)cc1. The Balaban J connectivity index is 1.49. The number of hydrogen-bond donors (Lipinski definition) is 1. The molecule has 5 rings (SSSR count). The highest BCUT2D eigenvalue weighted by Gasteiger charge is 2.25. The first kappa shape index (κ1) is 20.9. The molecular formula is C24H26N6O3. The highest BCUT2D eigenvalue weighted by molar-refractivity contribution is 5.74. The number of aryl methyl sites for hydroxylation is 1. The number of benzene rings is 2. The zero-order chi connectivity index (χ0) is 22.9. The summed E-state index contributed by atoms with van der Waals surface area (Å²) in [6.45, 7) is 3.62. The Kier molecular flexibility index (Phi) is 5.37. The Morgan fingerprint density at radius 1 is 0.939 bits per heavy atom. The molecule has 4 aromatic rings. The van der Waals surface area contributed by atoms with Gasteiger partial charge in [-0.25, -0.2) is 4.79 Å². The number of piperazine rings is 1. The highest BCUT2D eigenvalue weighted by atomic mass is 16.5. The van der Waals surface area contributed by atoms with Gasteiger partial charge in [0.05, 0.1) is 13.7 Å². The minimum atomic E-state index is -0.465. The van der Waals surface area contributed by atoms with E-state index in [1.807, 2.05) is 47.0 Å². The van der Waals surface area contributed by atoms with Crippen LogP contribution in [-0.4, -0.2) is 52.4 Å². The van der Waals surface area contributed by atoms with E-state index in [9.17, 15) is 9.59 Å². The van der Waals surface area contributed by atoms with Crippen LogP contribution in [0.3, 0.4) is 0 Å². The molecule has 0 spiro atoms. The van der Waals surface area contributed by atoms with E-state index in [0.29, 0.717) is 23.7 Å². The van der Waals surface area contributed by atoms with Crippen LogP contribution in [0.25, 0.3) is 11.2 Å². The van der Waals surface area contributed by atoms with Gasteiger partial charge in [0, 0.05) is 38.9 Å². The number of rotatable bonds is 5. The van der Waals surface area contributed by atoms with Gasteiger partial charge in [-0.15, -0.1) is 0 Å². The van der Waals surface area contributed by atoms with E-state index >= 15 is 0 Å². The van der Waals surface area contributed by atoms with Crippen molar-refractivity contribution in [1.29, 1.82) is 0 Å². The summed E-state index contributed by atoms with van der Waals surface area (Å²) in [4.78, 5) is 36.7. The lowest BCUT2D eigenvalue weighted by Crippen LogP contribution is -2.47. The topological polar surface area (TPSA) is 88.4 Å². The van der Waals surface area contributed by atoms with Crippen LogP contribution < -0.4 is 25.8 Å². The summed E-state index contributed by atoms with van der Waals surface area (Å²) in [5.41, 5.74) is 2.13. The number of imidazole rings is 1. The van der Waals surface area contributed by atoms with Crippen LogP contribution in [0, 0.1) is 0 Å². The maximum absolute atomic E-state index is 12.8. The lowest BCUT2D eigenvalue weighted by atomic mass is 10.2. The molecular weight excluding hydrogens is 420 g/mol. The second kappa shape index (κ2) is 8.50. The fraction of sp³-hybridized carbons (Fsp3) is 0.292. The molecule has 1 saturated heterocycles. The minimum Gasteiger partial charge on any atom is -0.497 e. The van der Waals surface area contributed by atoms with E-state index in [1.165, 1.54) is 4.57 Å². The molecule has 0 aliphatic carbocycles. The molecule has 2 aromatic heterocycles. The maximum atomic E-state index is 12.8. The third-order valence-corrected chi connectivity index (χ3v) is 6.17. The van der Waals surface area contributed by atoms with Gasteiger partial charge in [-0.3, -0.25) is 18.9 Å². The molecule has 0 atom stereocenters. The first-order chi connectivity index (χ1) is 16.0. The van der Waals surface area contributed by atoms with Crippen molar-refractivity contribution in [3.8, 4) is 5.75 Å². The number of nitrogens with zero attached hydrogens (tertiary/aromatic N) is 5. The molecule has 0 radical (unpaired) electrons. The number of aromatic amines is 1. The minimum absolute atomic E-state index is 0.396. The van der Waals surface area contributed by atoms with Gasteiger partial charge in [0.1, 0.15) is 5.75 Å². The van der Waals surface area contributed by atoms with Crippen molar-refractivity contribution in [1.82, 2.24) is 19.1 Å². The van der Waals surface area contributed by atoms with Crippen molar-refractivity contribution in [2.45, 2.75) is 6.54 Å². The van der Waals surface area contributed by atoms with Crippen LogP contribution in [0.1, 0.15) is 5.56 Å². The van der Waals surface area contributed by atoms with Gasteiger partial charge in [0.25, 0.3) is 5.56 Å². The van der Waals surface area contributed by atoms with Crippen molar-refractivity contribution in [3.63, 3.8) is 0 Å². The van der Waals surface area contributed by atoms with Crippen molar-refractivity contribution >= 4 is 22.8 Å². The van der Waals surface area contributed by atoms with E-state index in [0.717, 1.165) is 43.2 Å². The van der Waals surface area contributed by atoms with Gasteiger partial charge < -0.3 is 14.5 Å². The Morgan fingerprint density at radius 2 is 1.61 bits per heavy atom. The van der Waals surface area contributed by atoms with Crippen LogP contribution >= 0.6 is 0 Å². The molecule has 33 heavy (non-hydrogen) atoms. The summed E-state index contributed by atoms with van der Waals surface area (Å²) in [5, 5.41) is 0. The average molecular weight is 447 g/mol. The van der Waals surface area contributed by atoms with Crippen molar-refractivity contribution in [2.24, 2.45) is 7.05 Å². The van der Waals surface area contributed by atoms with E-state index in [2.05, 4.69) is 26.9 Å². The van der Waals surface area contributed by atoms with Crippen LogP contribution in [0.4, 0.5) is 11.6 Å². The number of H-pyrrole nitrogens is 1. The highest BCUT2D eigenvalue weighted by Crippen LogP contribution is 2.25. The molecule has 170 valence electrons. The van der Waals surface area contributed by atoms with E-state index < -0.39 is 11.2 Å². The normalized spacial score (nSPS) is 14.1. The summed E-state index contributed by atoms with van der Waals surface area (Å²) in [7, 11) is 3.29. The first-order valence-corrected chi connectivity index (χ1v) is 10.9. The van der Waals surface area contributed by atoms with Gasteiger partial charge in [-0.1, -0.05) is 30.3 Å². The van der Waals surface area contributed by atoms with Gasteiger partial charge in [-0.05, 0) is 29.8 Å². The molecule has 1 aliphatic rings. The van der Waals surface area contributed by atoms with E-state index in [1.54, 1.807) is 14.2 Å². The summed E-state index contributed by atoms with van der Waals surface area (Å²) < 4.78 is 8.58. The zero-order valence-corrected chi connectivity index (χ0v) is 18.7. The number of anilines is 2. The molecule has 0 unspecified atom stereocenters. The summed E-state index contributed by atoms with van der Waals surface area (Å²) in [6.07, 6.45) is 0. The molecule has 0 amide bonds. The maximum Gasteiger partial charge on any atom is 0.329 e. The fourth-order valence-electron chi connectivity index (χ4n) is 4.34. The Labute approximate surface area is 190 Å². The van der Waals surface area contributed by atoms with Crippen LogP contribution in [-0.2, 0) is 13.6 Å². The largest absolute Gasteiger partial charge is 0.497 e. The summed E-state index contributed by atoms with van der Waals surface area (Å²) in [6, 6.07) is 18.0. The lowest BCUT2D eigenvalue weighted by Gasteiger charge is -2.36. The van der Waals surface area contributed by atoms with Crippen LogP contribution in [0.15, 0.2) is 64.2 Å². The van der Waals surface area contributed by atoms with E-state index in [-0.39, 0.29) is 0 Å². The number of hydrogen-bond acceptors (Lipinski definition) is 6. The smallest absolute Gasteiger partial charge is 0.329 e. The Hall–Kier alpha value is -4.01. The predicted octanol–water partition coefficient (Wildman–Crippen LogP) is 1.81. The molecule has 3 heterocycles. The average Bonchev–Trinajstić information content (AvgIpc) is 3.23. The second-order valence-electron chi connectivity index (χ2n) is 8.15. The second-order valence-corrected chi connectivity index (χ2v) is 8.15. The quantitative estimate of drug-likeness (QED) is 0.503. The fourth-order valence-corrected chi connectivity index (χ4v) is 4.34. The van der Waals surface area contributed by atoms with Gasteiger partial charge in [-0.2, -0.15) is 4.98 Å². The molecule has 1 aliphatic heterocycles. The third-order valence-electron chi connectivity index (χ3n) is 6.17. The Bertz CT molecular complexity index is 1380. The summed E-state index contributed by atoms with van der Waals surface area (Å²) in [5.74, 6) is 1.54. The van der Waals surface area contributed by atoms with Gasteiger partial charge in [0.15, 0.2) is 11.2 Å². The van der Waals surface area contributed by atoms with Crippen LogP contribution in [0.2, 0.25) is 0 Å². The first-order valence-electron chi connectivity index (χ1n) is 10.9. The number of methoxy groups -OCH3 is 1. The van der Waals surface area contributed by atoms with Crippen molar-refractivity contribution in [3.05, 3.63) is 81.0 Å². The number of ether oxygens (including phenoxy) is 1. The molecule has 0 bridgehead atoms. The predicted molar refractivity (Wildman–Crippen MR) is 129 cm³/mol. The van der Waals surface area contributed by atoms with Crippen LogP contribution in [0.5, 0.6) is 5.75 Å². The van der Waals surface area contributed by atoms with Crippen molar-refractivity contribution in [2.75, 3.05) is 43.1 Å². The lowest BCUT2D eigenvalue weighted by molar-refractivity contribution is 0.415. The van der Waals surface area contributed by atoms with Gasteiger partial charge >= 0.3 is 5.69 Å². The number of fused-ring (bicyclic) bond motifs is 1. The molecule has 1 N–H and O–H groups in total. The molecule has 9 heteroatoms. The molecule has 1 fully saturated rings. The van der Waals surface area contributed by atoms with Gasteiger partial charge in [0.2, 0.25) is 5.95 Å². The molecule has 0 saturated carbocycles. The summed E-state index contributed by atoms with van der Waals surface area (Å²) >= 11 is 0. The van der Waals surface area contributed by atoms with E-state index in [4.69, 9.17) is 9.72 Å². The molecule has 9 nitrogen and oxygen atoms in total. The third kappa shape index (κ3) is 3.86. The number of aromatic nitrogens is 4. The standard InChI is InChI=1S/C24H26N6O3/c1-27-21-20(22(31)26-24(27)32)30(16-17-6-4-3-5-7-17)23(25-21)29-14-12-28(13-15-29)18-8-10-19(33-2)11-9-18/h3-11H,12-16H2,1-2H3,(H,26,31,32). The Morgan fingerprint density at radius 3 is 2.27 bits per heavy atom.